The maximum Gasteiger partial charge on any atom is 0.222 e. The summed E-state index contributed by atoms with van der Waals surface area (Å²) in [6, 6.07) is 8.09. The van der Waals surface area contributed by atoms with E-state index in [0.717, 1.165) is 16.7 Å². The zero-order valence-corrected chi connectivity index (χ0v) is 13.1. The van der Waals surface area contributed by atoms with Gasteiger partial charge < -0.3 is 10.5 Å². The van der Waals surface area contributed by atoms with Gasteiger partial charge in [0.15, 0.2) is 5.16 Å². The van der Waals surface area contributed by atoms with Crippen LogP contribution in [0.1, 0.15) is 19.4 Å². The van der Waals surface area contributed by atoms with Crippen molar-refractivity contribution in [3.8, 4) is 5.75 Å². The summed E-state index contributed by atoms with van der Waals surface area (Å²) in [5.41, 5.74) is 6.97. The number of rotatable bonds is 7. The highest BCUT2D eigenvalue weighted by atomic mass is 32.2. The van der Waals surface area contributed by atoms with E-state index in [-0.39, 0.29) is 6.10 Å². The number of hydrogen-bond acceptors (Lipinski definition) is 5. The number of nitrogens with two attached hydrogens (primary N) is 1. The van der Waals surface area contributed by atoms with Crippen LogP contribution >= 0.6 is 11.8 Å². The molecule has 0 fully saturated rings. The topological polar surface area (TPSA) is 66.0 Å². The van der Waals surface area contributed by atoms with Gasteiger partial charge in [0.25, 0.3) is 0 Å². The number of benzene rings is 1. The Bertz CT molecular complexity index is 592. The zero-order chi connectivity index (χ0) is 15.2. The van der Waals surface area contributed by atoms with Crippen molar-refractivity contribution in [1.82, 2.24) is 14.8 Å². The lowest BCUT2D eigenvalue weighted by molar-refractivity contribution is 0.242. The molecule has 0 spiro atoms. The lowest BCUT2D eigenvalue weighted by Crippen LogP contribution is -2.05. The fourth-order valence-electron chi connectivity index (χ4n) is 1.79. The van der Waals surface area contributed by atoms with Gasteiger partial charge in [-0.1, -0.05) is 30.0 Å². The van der Waals surface area contributed by atoms with Gasteiger partial charge in [-0.2, -0.15) is 0 Å². The van der Waals surface area contributed by atoms with Crippen LogP contribution in [0.2, 0.25) is 0 Å². The highest BCUT2D eigenvalue weighted by Crippen LogP contribution is 2.24. The van der Waals surface area contributed by atoms with Crippen molar-refractivity contribution in [2.45, 2.75) is 37.4 Å². The van der Waals surface area contributed by atoms with Crippen LogP contribution in [0, 0.1) is 0 Å². The number of allylic oxidation sites excluding steroid dienone is 1. The molecule has 0 unspecified atom stereocenters. The van der Waals surface area contributed by atoms with Crippen LogP contribution in [0.3, 0.4) is 0 Å². The summed E-state index contributed by atoms with van der Waals surface area (Å²) in [6.07, 6.45) is 1.97. The highest BCUT2D eigenvalue weighted by Gasteiger charge is 2.09. The van der Waals surface area contributed by atoms with Crippen LogP contribution in [-0.4, -0.2) is 20.9 Å². The molecule has 1 aromatic carbocycles. The number of hydrogen-bond donors (Lipinski definition) is 1. The van der Waals surface area contributed by atoms with E-state index < -0.39 is 0 Å². The van der Waals surface area contributed by atoms with E-state index in [1.165, 1.54) is 5.56 Å². The molecule has 0 saturated heterocycles. The highest BCUT2D eigenvalue weighted by molar-refractivity contribution is 7.98. The summed E-state index contributed by atoms with van der Waals surface area (Å²) in [5.74, 6) is 2.10. The number of anilines is 1. The lowest BCUT2D eigenvalue weighted by atomic mass is 10.2. The first-order valence-electron chi connectivity index (χ1n) is 6.78. The fourth-order valence-corrected chi connectivity index (χ4v) is 2.70. The third-order valence-electron chi connectivity index (χ3n) is 2.72. The number of nitrogen functional groups attached to an aromatic ring is 1. The molecule has 1 heterocycles. The van der Waals surface area contributed by atoms with Crippen LogP contribution in [-0.2, 0) is 12.3 Å². The van der Waals surface area contributed by atoms with Gasteiger partial charge >= 0.3 is 0 Å². The molecule has 0 aliphatic heterocycles. The van der Waals surface area contributed by atoms with Gasteiger partial charge in [-0.05, 0) is 31.5 Å². The predicted octanol–water partition coefficient (Wildman–Crippen LogP) is 3.13. The normalized spacial score (nSPS) is 10.8. The molecule has 6 heteroatoms. The smallest absolute Gasteiger partial charge is 0.222 e. The van der Waals surface area contributed by atoms with Gasteiger partial charge in [-0.15, -0.1) is 16.8 Å². The fraction of sp³-hybridized carbons (Fsp3) is 0.333. The third-order valence-corrected chi connectivity index (χ3v) is 3.76. The summed E-state index contributed by atoms with van der Waals surface area (Å²) in [4.78, 5) is 0. The summed E-state index contributed by atoms with van der Waals surface area (Å²) in [7, 11) is 0. The van der Waals surface area contributed by atoms with Crippen molar-refractivity contribution in [3.05, 3.63) is 42.5 Å². The van der Waals surface area contributed by atoms with E-state index in [1.807, 2.05) is 30.5 Å². The monoisotopic (exact) mass is 304 g/mol. The average molecular weight is 304 g/mol. The van der Waals surface area contributed by atoms with Crippen molar-refractivity contribution in [2.75, 3.05) is 5.73 Å². The molecular formula is C15H20N4OS. The SMILES string of the molecule is C=CCn1c(N)nnc1SCc1ccc(OC(C)C)cc1. The molecule has 0 aliphatic carbocycles. The number of thioether (sulfide) groups is 1. The molecule has 112 valence electrons. The average Bonchev–Trinajstić information content (AvgIpc) is 2.79. The van der Waals surface area contributed by atoms with E-state index in [2.05, 4.69) is 28.9 Å². The molecule has 0 aliphatic rings. The first-order chi connectivity index (χ1) is 10.1. The molecule has 0 bridgehead atoms. The minimum Gasteiger partial charge on any atom is -0.491 e. The Morgan fingerprint density at radius 1 is 1.33 bits per heavy atom. The van der Waals surface area contributed by atoms with Crippen molar-refractivity contribution < 1.29 is 4.74 Å². The maximum absolute atomic E-state index is 5.77. The summed E-state index contributed by atoms with van der Waals surface area (Å²) < 4.78 is 7.47. The molecule has 0 saturated carbocycles. The van der Waals surface area contributed by atoms with Crippen molar-refractivity contribution in [1.29, 1.82) is 0 Å². The maximum atomic E-state index is 5.77. The molecule has 2 N–H and O–H groups in total. The molecule has 5 nitrogen and oxygen atoms in total. The summed E-state index contributed by atoms with van der Waals surface area (Å²) in [5, 5.41) is 8.78. The second kappa shape index (κ2) is 7.17. The number of aromatic nitrogens is 3. The van der Waals surface area contributed by atoms with Gasteiger partial charge in [0.1, 0.15) is 5.75 Å². The van der Waals surface area contributed by atoms with Gasteiger partial charge in [-0.25, -0.2) is 0 Å². The zero-order valence-electron chi connectivity index (χ0n) is 12.3. The standard InChI is InChI=1S/C15H20N4OS/c1-4-9-19-14(16)17-18-15(19)21-10-12-5-7-13(8-6-12)20-11(2)3/h4-8,11H,1,9-10H2,2-3H3,(H2,16,17). The van der Waals surface area contributed by atoms with Gasteiger partial charge in [0.2, 0.25) is 5.95 Å². The molecule has 2 aromatic rings. The Morgan fingerprint density at radius 2 is 2.05 bits per heavy atom. The third kappa shape index (κ3) is 4.26. The summed E-state index contributed by atoms with van der Waals surface area (Å²) >= 11 is 1.60. The minimum atomic E-state index is 0.186. The van der Waals surface area contributed by atoms with Crippen molar-refractivity contribution in [2.24, 2.45) is 0 Å². The molecule has 1 aromatic heterocycles. The second-order valence-corrected chi connectivity index (χ2v) is 5.78. The predicted molar refractivity (Wildman–Crippen MR) is 86.4 cm³/mol. The Morgan fingerprint density at radius 3 is 2.67 bits per heavy atom. The van der Waals surface area contributed by atoms with Crippen LogP contribution in [0.5, 0.6) is 5.75 Å². The number of nitrogens with zero attached hydrogens (tertiary/aromatic N) is 3. The van der Waals surface area contributed by atoms with E-state index in [4.69, 9.17) is 10.5 Å². The Labute approximate surface area is 129 Å². The second-order valence-electron chi connectivity index (χ2n) is 4.84. The lowest BCUT2D eigenvalue weighted by Gasteiger charge is -2.10. The minimum absolute atomic E-state index is 0.186. The largest absolute Gasteiger partial charge is 0.491 e. The van der Waals surface area contributed by atoms with E-state index in [1.54, 1.807) is 17.8 Å². The van der Waals surface area contributed by atoms with Gasteiger partial charge in [-0.3, -0.25) is 4.57 Å². The van der Waals surface area contributed by atoms with Crippen LogP contribution < -0.4 is 10.5 Å². The van der Waals surface area contributed by atoms with E-state index in [9.17, 15) is 0 Å². The van der Waals surface area contributed by atoms with E-state index in [0.29, 0.717) is 12.5 Å². The molecule has 0 atom stereocenters. The molecule has 21 heavy (non-hydrogen) atoms. The van der Waals surface area contributed by atoms with Crippen molar-refractivity contribution in [3.63, 3.8) is 0 Å². The Kier molecular flexibility index (Phi) is 5.27. The number of ether oxygens (including phenoxy) is 1. The van der Waals surface area contributed by atoms with Gasteiger partial charge in [0, 0.05) is 12.3 Å². The van der Waals surface area contributed by atoms with Gasteiger partial charge in [0.05, 0.1) is 6.10 Å². The Balaban J connectivity index is 1.98. The quantitative estimate of drug-likeness (QED) is 0.629. The molecule has 0 radical (unpaired) electrons. The van der Waals surface area contributed by atoms with Crippen LogP contribution in [0.4, 0.5) is 5.95 Å². The molecule has 2 rings (SSSR count). The first-order valence-corrected chi connectivity index (χ1v) is 7.76. The van der Waals surface area contributed by atoms with Crippen LogP contribution in [0.25, 0.3) is 0 Å². The summed E-state index contributed by atoms with van der Waals surface area (Å²) in [6.45, 7) is 8.36. The Hall–Kier alpha value is -1.95. The van der Waals surface area contributed by atoms with E-state index >= 15 is 0 Å². The van der Waals surface area contributed by atoms with Crippen molar-refractivity contribution >= 4 is 17.7 Å². The molecular weight excluding hydrogens is 284 g/mol. The van der Waals surface area contributed by atoms with Crippen LogP contribution in [0.15, 0.2) is 42.1 Å². The first kappa shape index (κ1) is 15.4. The molecule has 0 amide bonds.